The number of benzene rings is 1. The van der Waals surface area contributed by atoms with Gasteiger partial charge in [-0.2, -0.15) is 0 Å². The first-order chi connectivity index (χ1) is 13.1. The summed E-state index contributed by atoms with van der Waals surface area (Å²) in [5, 5.41) is 5.93. The largest absolute Gasteiger partial charge is 0.492 e. The van der Waals surface area contributed by atoms with Gasteiger partial charge in [0, 0.05) is 25.7 Å². The molecule has 0 radical (unpaired) electrons. The SMILES string of the molecule is CCC(CC)C(CNC(=O)NCCOc1cccc(C)c1)N1CCOCC1. The Balaban J connectivity index is 1.72. The molecule has 2 N–H and O–H groups in total. The molecule has 1 aromatic carbocycles. The number of amides is 2. The molecule has 1 aromatic rings. The van der Waals surface area contributed by atoms with Crippen molar-refractivity contribution in [1.82, 2.24) is 15.5 Å². The van der Waals surface area contributed by atoms with Gasteiger partial charge in [-0.25, -0.2) is 4.79 Å². The summed E-state index contributed by atoms with van der Waals surface area (Å²) in [4.78, 5) is 14.6. The van der Waals surface area contributed by atoms with Gasteiger partial charge >= 0.3 is 6.03 Å². The minimum atomic E-state index is -0.132. The number of rotatable bonds is 10. The molecule has 0 saturated carbocycles. The monoisotopic (exact) mass is 377 g/mol. The van der Waals surface area contributed by atoms with Crippen molar-refractivity contribution in [3.8, 4) is 5.75 Å². The molecule has 1 saturated heterocycles. The lowest BCUT2D eigenvalue weighted by molar-refractivity contribution is 0.00237. The summed E-state index contributed by atoms with van der Waals surface area (Å²) >= 11 is 0. The van der Waals surface area contributed by atoms with Crippen LogP contribution in [-0.4, -0.2) is 63.0 Å². The van der Waals surface area contributed by atoms with Crippen LogP contribution in [0.15, 0.2) is 24.3 Å². The molecule has 1 unspecified atom stereocenters. The molecule has 1 fully saturated rings. The fourth-order valence-corrected chi connectivity index (χ4v) is 3.63. The van der Waals surface area contributed by atoms with E-state index in [1.54, 1.807) is 0 Å². The van der Waals surface area contributed by atoms with Crippen molar-refractivity contribution in [2.24, 2.45) is 5.92 Å². The van der Waals surface area contributed by atoms with Crippen LogP contribution < -0.4 is 15.4 Å². The van der Waals surface area contributed by atoms with E-state index in [1.165, 1.54) is 0 Å². The molecule has 0 aromatic heterocycles. The molecule has 1 aliphatic heterocycles. The Morgan fingerprint density at radius 2 is 1.96 bits per heavy atom. The molecule has 0 bridgehead atoms. The van der Waals surface area contributed by atoms with Crippen LogP contribution in [0.5, 0.6) is 5.75 Å². The summed E-state index contributed by atoms with van der Waals surface area (Å²) in [6, 6.07) is 8.14. The van der Waals surface area contributed by atoms with Gasteiger partial charge in [-0.3, -0.25) is 4.90 Å². The van der Waals surface area contributed by atoms with E-state index < -0.39 is 0 Å². The second-order valence-corrected chi connectivity index (χ2v) is 7.09. The average Bonchev–Trinajstić information content (AvgIpc) is 2.69. The van der Waals surface area contributed by atoms with Gasteiger partial charge < -0.3 is 20.1 Å². The van der Waals surface area contributed by atoms with Crippen molar-refractivity contribution in [2.45, 2.75) is 39.7 Å². The Kier molecular flexibility index (Phi) is 9.42. The van der Waals surface area contributed by atoms with Gasteiger partial charge in [-0.1, -0.05) is 38.8 Å². The van der Waals surface area contributed by atoms with E-state index in [4.69, 9.17) is 9.47 Å². The molecular weight excluding hydrogens is 342 g/mol. The first kappa shape index (κ1) is 21.5. The van der Waals surface area contributed by atoms with Gasteiger partial charge in [0.25, 0.3) is 0 Å². The highest BCUT2D eigenvalue weighted by Crippen LogP contribution is 2.19. The highest BCUT2D eigenvalue weighted by Gasteiger charge is 2.27. The Labute approximate surface area is 163 Å². The van der Waals surface area contributed by atoms with Gasteiger partial charge in [0.15, 0.2) is 0 Å². The van der Waals surface area contributed by atoms with Crippen LogP contribution in [0, 0.1) is 12.8 Å². The standard InChI is InChI=1S/C21H35N3O3/c1-4-18(5-2)20(24-10-13-26-14-11-24)16-23-21(25)22-9-12-27-19-8-6-7-17(3)15-19/h6-8,15,18,20H,4-5,9-14,16H2,1-3H3,(H2,22,23,25). The molecule has 1 heterocycles. The lowest BCUT2D eigenvalue weighted by Gasteiger charge is -2.38. The van der Waals surface area contributed by atoms with E-state index in [0.717, 1.165) is 50.5 Å². The molecule has 27 heavy (non-hydrogen) atoms. The van der Waals surface area contributed by atoms with Crippen molar-refractivity contribution in [2.75, 3.05) is 46.0 Å². The number of carbonyl (C=O) groups excluding carboxylic acids is 1. The van der Waals surface area contributed by atoms with Crippen LogP contribution in [0.25, 0.3) is 0 Å². The number of nitrogens with zero attached hydrogens (tertiary/aromatic N) is 1. The maximum absolute atomic E-state index is 12.2. The Hall–Kier alpha value is -1.79. The summed E-state index contributed by atoms with van der Waals surface area (Å²) in [6.45, 7) is 11.5. The van der Waals surface area contributed by atoms with Crippen LogP contribution in [0.2, 0.25) is 0 Å². The molecule has 6 nitrogen and oxygen atoms in total. The molecule has 6 heteroatoms. The summed E-state index contributed by atoms with van der Waals surface area (Å²) in [7, 11) is 0. The topological polar surface area (TPSA) is 62.8 Å². The fourth-order valence-electron chi connectivity index (χ4n) is 3.63. The highest BCUT2D eigenvalue weighted by atomic mass is 16.5. The fraction of sp³-hybridized carbons (Fsp3) is 0.667. The lowest BCUT2D eigenvalue weighted by atomic mass is 9.92. The number of carbonyl (C=O) groups is 1. The molecule has 0 aliphatic carbocycles. The van der Waals surface area contributed by atoms with Gasteiger partial charge in [0.05, 0.1) is 19.8 Å². The Morgan fingerprint density at radius 1 is 1.22 bits per heavy atom. The molecule has 2 rings (SSSR count). The van der Waals surface area contributed by atoms with Gasteiger partial charge in [0.1, 0.15) is 12.4 Å². The van der Waals surface area contributed by atoms with E-state index in [-0.39, 0.29) is 6.03 Å². The predicted octanol–water partition coefficient (Wildman–Crippen LogP) is 2.81. The maximum atomic E-state index is 12.2. The zero-order valence-corrected chi connectivity index (χ0v) is 17.0. The van der Waals surface area contributed by atoms with E-state index >= 15 is 0 Å². The molecule has 0 spiro atoms. The first-order valence-corrected chi connectivity index (χ1v) is 10.2. The van der Waals surface area contributed by atoms with E-state index in [2.05, 4.69) is 29.4 Å². The minimum Gasteiger partial charge on any atom is -0.492 e. The number of aryl methyl sites for hydroxylation is 1. The van der Waals surface area contributed by atoms with E-state index in [0.29, 0.717) is 31.7 Å². The predicted molar refractivity (Wildman–Crippen MR) is 108 cm³/mol. The van der Waals surface area contributed by atoms with Crippen molar-refractivity contribution < 1.29 is 14.3 Å². The van der Waals surface area contributed by atoms with Crippen LogP contribution in [0.4, 0.5) is 4.79 Å². The quantitative estimate of drug-likeness (QED) is 0.616. The minimum absolute atomic E-state index is 0.132. The third-order valence-corrected chi connectivity index (χ3v) is 5.23. The molecule has 1 aliphatic rings. The zero-order valence-electron chi connectivity index (χ0n) is 17.0. The Morgan fingerprint density at radius 3 is 2.63 bits per heavy atom. The molecule has 2 amide bonds. The second kappa shape index (κ2) is 11.8. The van der Waals surface area contributed by atoms with E-state index in [1.807, 2.05) is 31.2 Å². The third-order valence-electron chi connectivity index (χ3n) is 5.23. The highest BCUT2D eigenvalue weighted by molar-refractivity contribution is 5.73. The smallest absolute Gasteiger partial charge is 0.314 e. The summed E-state index contributed by atoms with van der Waals surface area (Å²) in [5.41, 5.74) is 1.16. The summed E-state index contributed by atoms with van der Waals surface area (Å²) in [6.07, 6.45) is 2.23. The summed E-state index contributed by atoms with van der Waals surface area (Å²) < 4.78 is 11.1. The average molecular weight is 378 g/mol. The number of ether oxygens (including phenoxy) is 2. The van der Waals surface area contributed by atoms with Crippen LogP contribution in [-0.2, 0) is 4.74 Å². The molecular formula is C21H35N3O3. The van der Waals surface area contributed by atoms with Crippen LogP contribution in [0.1, 0.15) is 32.3 Å². The molecule has 1 atom stereocenters. The van der Waals surface area contributed by atoms with Gasteiger partial charge in [-0.05, 0) is 30.5 Å². The normalized spacial score (nSPS) is 16.1. The first-order valence-electron chi connectivity index (χ1n) is 10.2. The number of hydrogen-bond donors (Lipinski definition) is 2. The van der Waals surface area contributed by atoms with Crippen molar-refractivity contribution in [3.05, 3.63) is 29.8 Å². The number of morpholine rings is 1. The van der Waals surface area contributed by atoms with Crippen molar-refractivity contribution in [3.63, 3.8) is 0 Å². The van der Waals surface area contributed by atoms with Crippen molar-refractivity contribution in [1.29, 1.82) is 0 Å². The Bertz CT molecular complexity index is 557. The number of nitrogens with one attached hydrogen (secondary N) is 2. The summed E-state index contributed by atoms with van der Waals surface area (Å²) in [5.74, 6) is 1.41. The zero-order chi connectivity index (χ0) is 19.5. The van der Waals surface area contributed by atoms with Crippen LogP contribution >= 0.6 is 0 Å². The second-order valence-electron chi connectivity index (χ2n) is 7.09. The number of hydrogen-bond acceptors (Lipinski definition) is 4. The number of urea groups is 1. The third kappa shape index (κ3) is 7.39. The van der Waals surface area contributed by atoms with Gasteiger partial charge in [-0.15, -0.1) is 0 Å². The van der Waals surface area contributed by atoms with Gasteiger partial charge in [0.2, 0.25) is 0 Å². The van der Waals surface area contributed by atoms with Crippen molar-refractivity contribution >= 4 is 6.03 Å². The van der Waals surface area contributed by atoms with Crippen LogP contribution in [0.3, 0.4) is 0 Å². The maximum Gasteiger partial charge on any atom is 0.314 e. The lowest BCUT2D eigenvalue weighted by Crippen LogP contribution is -2.53. The molecule has 152 valence electrons. The van der Waals surface area contributed by atoms with E-state index in [9.17, 15) is 4.79 Å².